The lowest BCUT2D eigenvalue weighted by Crippen LogP contribution is -2.30. The van der Waals surface area contributed by atoms with Crippen LogP contribution in [-0.4, -0.2) is 28.3 Å². The van der Waals surface area contributed by atoms with Crippen molar-refractivity contribution >= 4 is 34.5 Å². The van der Waals surface area contributed by atoms with E-state index in [9.17, 15) is 4.79 Å². The van der Waals surface area contributed by atoms with E-state index in [1.807, 2.05) is 32.0 Å². The van der Waals surface area contributed by atoms with Crippen LogP contribution in [0, 0.1) is 0 Å². The molecule has 21 heavy (non-hydrogen) atoms. The molecule has 2 heterocycles. The molecule has 0 radical (unpaired) electrons. The molecule has 0 saturated carbocycles. The van der Waals surface area contributed by atoms with E-state index < -0.39 is 0 Å². The molecule has 1 aromatic carbocycles. The molecular weight excluding hydrogens is 286 g/mol. The predicted molar refractivity (Wildman–Crippen MR) is 86.5 cm³/mol. The molecule has 0 bridgehead atoms. The number of nitrogens with two attached hydrogens (primary N) is 1. The van der Waals surface area contributed by atoms with Gasteiger partial charge in [0.15, 0.2) is 0 Å². The molecule has 1 aromatic heterocycles. The van der Waals surface area contributed by atoms with Gasteiger partial charge in [-0.15, -0.1) is 0 Å². The Kier molecular flexibility index (Phi) is 3.42. The summed E-state index contributed by atoms with van der Waals surface area (Å²) in [6, 6.07) is 5.59. The normalized spacial score (nSPS) is 11.9. The van der Waals surface area contributed by atoms with E-state index in [4.69, 9.17) is 5.73 Å². The van der Waals surface area contributed by atoms with Crippen molar-refractivity contribution in [2.45, 2.75) is 13.8 Å². The Hall–Kier alpha value is -2.28. The van der Waals surface area contributed by atoms with Crippen LogP contribution in [0.2, 0.25) is 0 Å². The van der Waals surface area contributed by atoms with Crippen LogP contribution in [0.15, 0.2) is 18.2 Å². The van der Waals surface area contributed by atoms with Gasteiger partial charge in [0.2, 0.25) is 0 Å². The van der Waals surface area contributed by atoms with Crippen molar-refractivity contribution in [2.24, 2.45) is 0 Å². The second kappa shape index (κ2) is 5.25. The highest BCUT2D eigenvalue weighted by Gasteiger charge is 2.27. The molecule has 0 saturated heterocycles. The third-order valence-electron chi connectivity index (χ3n) is 3.56. The first-order valence-corrected chi connectivity index (χ1v) is 7.63. The summed E-state index contributed by atoms with van der Waals surface area (Å²) in [6.45, 7) is 5.30. The molecule has 1 aliphatic heterocycles. The third kappa shape index (κ3) is 2.19. The van der Waals surface area contributed by atoms with Gasteiger partial charge < -0.3 is 16.1 Å². The zero-order valence-electron chi connectivity index (χ0n) is 11.9. The predicted octanol–water partition coefficient (Wildman–Crippen LogP) is 2.63. The van der Waals surface area contributed by atoms with E-state index in [0.717, 1.165) is 22.6 Å². The maximum atomic E-state index is 12.5. The summed E-state index contributed by atoms with van der Waals surface area (Å²) in [5, 5.41) is 0. The van der Waals surface area contributed by atoms with Crippen LogP contribution in [0.4, 0.5) is 17.1 Å². The number of rotatable bonds is 3. The summed E-state index contributed by atoms with van der Waals surface area (Å²) in [6.07, 6.45) is 0. The Morgan fingerprint density at radius 3 is 2.81 bits per heavy atom. The molecule has 4 N–H and O–H groups in total. The summed E-state index contributed by atoms with van der Waals surface area (Å²) in [4.78, 5) is 14.9. The molecule has 1 aliphatic rings. The number of fused-ring (bicyclic) bond motifs is 3. The lowest BCUT2D eigenvalue weighted by atomic mass is 10.1. The summed E-state index contributed by atoms with van der Waals surface area (Å²) >= 11 is 1.22. The third-order valence-corrected chi connectivity index (χ3v) is 4.39. The Balaban J connectivity index is 2.05. The maximum absolute atomic E-state index is 12.5. The van der Waals surface area contributed by atoms with E-state index in [2.05, 4.69) is 15.2 Å². The minimum atomic E-state index is 0.000373. The van der Waals surface area contributed by atoms with Crippen LogP contribution in [-0.2, 0) is 0 Å². The molecule has 0 unspecified atom stereocenters. The zero-order chi connectivity index (χ0) is 15.0. The topological polar surface area (TPSA) is 83.3 Å². The molecule has 6 nitrogen and oxygen atoms in total. The van der Waals surface area contributed by atoms with Crippen LogP contribution in [0.5, 0.6) is 0 Å². The number of nitrogens with zero attached hydrogens (tertiary/aromatic N) is 2. The number of nitrogen functional groups attached to an aromatic ring is 1. The second-order valence-corrected chi connectivity index (χ2v) is 5.54. The van der Waals surface area contributed by atoms with Crippen LogP contribution >= 0.6 is 11.5 Å². The first kappa shape index (κ1) is 13.7. The van der Waals surface area contributed by atoms with E-state index >= 15 is 0 Å². The molecule has 7 heteroatoms. The van der Waals surface area contributed by atoms with Crippen molar-refractivity contribution in [3.05, 3.63) is 23.1 Å². The number of aromatic nitrogens is 1. The standard InChI is InChI=1S/C14H17N5OS/c1-3-19(4-2)14(20)13-12-11(18-21-13)9-7-8(15)5-6-10(9)16-17-12/h5-7,16-17H,3-4,15H2,1-2H3. The monoisotopic (exact) mass is 303 g/mol. The van der Waals surface area contributed by atoms with Crippen LogP contribution in [0.1, 0.15) is 23.5 Å². The highest BCUT2D eigenvalue weighted by molar-refractivity contribution is 7.09. The second-order valence-electron chi connectivity index (χ2n) is 4.77. The van der Waals surface area contributed by atoms with Gasteiger partial charge in [0.25, 0.3) is 5.91 Å². The van der Waals surface area contributed by atoms with Crippen molar-refractivity contribution in [1.29, 1.82) is 0 Å². The van der Waals surface area contributed by atoms with Crippen LogP contribution in [0.25, 0.3) is 11.3 Å². The van der Waals surface area contributed by atoms with Gasteiger partial charge in [-0.05, 0) is 43.6 Å². The van der Waals surface area contributed by atoms with Crippen molar-refractivity contribution < 1.29 is 4.79 Å². The highest BCUT2D eigenvalue weighted by atomic mass is 32.1. The fraction of sp³-hybridized carbons (Fsp3) is 0.286. The van der Waals surface area contributed by atoms with E-state index in [1.165, 1.54) is 11.5 Å². The van der Waals surface area contributed by atoms with Gasteiger partial charge in [-0.25, -0.2) is 0 Å². The van der Waals surface area contributed by atoms with Gasteiger partial charge in [0.05, 0.1) is 5.69 Å². The minimum Gasteiger partial charge on any atom is -0.399 e. The van der Waals surface area contributed by atoms with Gasteiger partial charge in [0, 0.05) is 24.3 Å². The Bertz CT molecular complexity index is 693. The highest BCUT2D eigenvalue weighted by Crippen LogP contribution is 2.41. The first-order chi connectivity index (χ1) is 10.2. The molecule has 110 valence electrons. The largest absolute Gasteiger partial charge is 0.399 e. The van der Waals surface area contributed by atoms with Gasteiger partial charge in [-0.3, -0.25) is 10.2 Å². The van der Waals surface area contributed by atoms with Crippen molar-refractivity contribution in [2.75, 3.05) is 29.7 Å². The smallest absolute Gasteiger partial charge is 0.267 e. The van der Waals surface area contributed by atoms with Crippen molar-refractivity contribution in [1.82, 2.24) is 9.27 Å². The molecule has 0 fully saturated rings. The number of carbonyl (C=O) groups excluding carboxylic acids is 1. The lowest BCUT2D eigenvalue weighted by molar-refractivity contribution is 0.0778. The zero-order valence-corrected chi connectivity index (χ0v) is 12.8. The number of carbonyl (C=O) groups is 1. The number of amides is 1. The summed E-state index contributed by atoms with van der Waals surface area (Å²) < 4.78 is 4.45. The molecule has 0 spiro atoms. The quantitative estimate of drug-likeness (QED) is 0.759. The molecule has 1 amide bonds. The summed E-state index contributed by atoms with van der Waals surface area (Å²) in [5.41, 5.74) is 16.0. The summed E-state index contributed by atoms with van der Waals surface area (Å²) in [7, 11) is 0. The first-order valence-electron chi connectivity index (χ1n) is 6.86. The van der Waals surface area contributed by atoms with Crippen molar-refractivity contribution in [3.63, 3.8) is 0 Å². The fourth-order valence-electron chi connectivity index (χ4n) is 2.39. The van der Waals surface area contributed by atoms with Crippen LogP contribution < -0.4 is 16.6 Å². The van der Waals surface area contributed by atoms with Gasteiger partial charge >= 0.3 is 0 Å². The number of hydrogen-bond donors (Lipinski definition) is 3. The Labute approximate surface area is 127 Å². The minimum absolute atomic E-state index is 0.000373. The van der Waals surface area contributed by atoms with E-state index in [1.54, 1.807) is 4.90 Å². The van der Waals surface area contributed by atoms with E-state index in [-0.39, 0.29) is 5.91 Å². The Morgan fingerprint density at radius 2 is 2.10 bits per heavy atom. The van der Waals surface area contributed by atoms with Crippen LogP contribution in [0.3, 0.4) is 0 Å². The molecular formula is C14H17N5OS. The summed E-state index contributed by atoms with van der Waals surface area (Å²) in [5.74, 6) is 0.000373. The lowest BCUT2D eigenvalue weighted by Gasteiger charge is -2.22. The van der Waals surface area contributed by atoms with Crippen molar-refractivity contribution in [3.8, 4) is 11.3 Å². The molecule has 2 aromatic rings. The van der Waals surface area contributed by atoms with Gasteiger partial charge in [-0.2, -0.15) is 4.37 Å². The molecule has 0 atom stereocenters. The number of nitrogens with one attached hydrogen (secondary N) is 2. The average Bonchev–Trinajstić information content (AvgIpc) is 2.92. The number of anilines is 3. The molecule has 3 rings (SSSR count). The average molecular weight is 303 g/mol. The van der Waals surface area contributed by atoms with Gasteiger partial charge in [-0.1, -0.05) is 0 Å². The molecule has 0 aliphatic carbocycles. The van der Waals surface area contributed by atoms with Gasteiger partial charge in [0.1, 0.15) is 16.3 Å². The number of benzene rings is 1. The maximum Gasteiger partial charge on any atom is 0.267 e. The number of hydrogen-bond acceptors (Lipinski definition) is 6. The number of hydrazine groups is 1. The van der Waals surface area contributed by atoms with E-state index in [0.29, 0.717) is 23.7 Å². The fourth-order valence-corrected chi connectivity index (χ4v) is 3.21. The Morgan fingerprint density at radius 1 is 1.33 bits per heavy atom. The SMILES string of the molecule is CCN(CC)C(=O)c1snc2c1NNc1ccc(N)cc1-2.